The maximum Gasteiger partial charge on any atom is 0.261 e. The van der Waals surface area contributed by atoms with Crippen LogP contribution in [0.4, 0.5) is 5.69 Å². The number of benzene rings is 1. The lowest BCUT2D eigenvalue weighted by atomic mass is 10.0. The van der Waals surface area contributed by atoms with Gasteiger partial charge in [0, 0.05) is 24.2 Å². The van der Waals surface area contributed by atoms with E-state index in [1.165, 1.54) is 0 Å². The molecule has 1 aromatic rings. The number of nitrogens with zero attached hydrogens (tertiary/aromatic N) is 1. The Balaban J connectivity index is 2.21. The van der Waals surface area contributed by atoms with Crippen LogP contribution < -0.4 is 10.6 Å². The molecule has 0 radical (unpaired) electrons. The van der Waals surface area contributed by atoms with Gasteiger partial charge in [-0.1, -0.05) is 30.9 Å². The molecule has 0 aliphatic carbocycles. The summed E-state index contributed by atoms with van der Waals surface area (Å²) >= 11 is 0. The normalized spacial score (nSPS) is 17.1. The fourth-order valence-electron chi connectivity index (χ4n) is 3.11. The number of aliphatic hydroxyl groups is 1. The lowest BCUT2D eigenvalue weighted by Crippen LogP contribution is -2.53. The first kappa shape index (κ1) is 23.8. The Morgan fingerprint density at radius 3 is 2.71 bits per heavy atom. The molecule has 4 amide bonds. The van der Waals surface area contributed by atoms with Crippen molar-refractivity contribution >= 4 is 29.8 Å². The number of amides is 4. The average Bonchev–Trinajstić information content (AvgIpc) is 2.76. The Morgan fingerprint density at radius 2 is 2.10 bits per heavy atom. The molecule has 31 heavy (non-hydrogen) atoms. The van der Waals surface area contributed by atoms with Crippen molar-refractivity contribution in [2.75, 3.05) is 18.5 Å². The van der Waals surface area contributed by atoms with Gasteiger partial charge in [-0.2, -0.15) is 0 Å². The zero-order valence-corrected chi connectivity index (χ0v) is 17.7. The Hall–Kier alpha value is -3.52. The number of aliphatic hydroxyl groups excluding tert-OH is 1. The zero-order valence-electron chi connectivity index (χ0n) is 17.7. The predicted molar refractivity (Wildman–Crippen MR) is 117 cm³/mol. The summed E-state index contributed by atoms with van der Waals surface area (Å²) in [5, 5.41) is 14.5. The molecule has 8 nitrogen and oxygen atoms in total. The van der Waals surface area contributed by atoms with Crippen LogP contribution in [0.25, 0.3) is 0 Å². The first-order valence-corrected chi connectivity index (χ1v) is 9.87. The minimum atomic E-state index is -1.02. The summed E-state index contributed by atoms with van der Waals surface area (Å²) < 4.78 is 0. The molecular weight excluding hydrogens is 398 g/mol. The summed E-state index contributed by atoms with van der Waals surface area (Å²) in [6.45, 7) is 7.74. The minimum Gasteiger partial charge on any atom is -0.392 e. The van der Waals surface area contributed by atoms with E-state index in [9.17, 15) is 19.2 Å². The van der Waals surface area contributed by atoms with E-state index in [-0.39, 0.29) is 25.0 Å². The zero-order chi connectivity index (χ0) is 23.0. The van der Waals surface area contributed by atoms with Crippen molar-refractivity contribution in [2.24, 2.45) is 0 Å². The summed E-state index contributed by atoms with van der Waals surface area (Å²) in [4.78, 5) is 49.0. The second-order valence-electron chi connectivity index (χ2n) is 7.23. The van der Waals surface area contributed by atoms with E-state index in [1.807, 2.05) is 13.0 Å². The lowest BCUT2D eigenvalue weighted by Gasteiger charge is -2.29. The number of hydrogen-bond acceptors (Lipinski definition) is 6. The number of rotatable bonds is 9. The average molecular weight is 425 g/mol. The first-order chi connectivity index (χ1) is 14.8. The van der Waals surface area contributed by atoms with Gasteiger partial charge in [-0.3, -0.25) is 29.4 Å². The van der Waals surface area contributed by atoms with Gasteiger partial charge in [-0.05, 0) is 49.1 Å². The van der Waals surface area contributed by atoms with E-state index < -0.39 is 23.8 Å². The highest BCUT2D eigenvalue weighted by molar-refractivity contribution is 6.08. The molecule has 1 saturated heterocycles. The maximum absolute atomic E-state index is 13.0. The number of imide groups is 2. The summed E-state index contributed by atoms with van der Waals surface area (Å²) in [6, 6.07) is 4.06. The third-order valence-electron chi connectivity index (χ3n) is 5.03. The van der Waals surface area contributed by atoms with Crippen LogP contribution in [0.3, 0.4) is 0 Å². The molecule has 3 N–H and O–H groups in total. The minimum absolute atomic E-state index is 0.0297. The van der Waals surface area contributed by atoms with Crippen molar-refractivity contribution in [3.8, 4) is 0 Å². The highest BCUT2D eigenvalue weighted by Crippen LogP contribution is 2.22. The molecule has 1 heterocycles. The molecule has 0 bridgehead atoms. The van der Waals surface area contributed by atoms with Crippen LogP contribution in [0.15, 0.2) is 54.2 Å². The number of anilines is 1. The van der Waals surface area contributed by atoms with Gasteiger partial charge in [0.1, 0.15) is 6.04 Å². The van der Waals surface area contributed by atoms with Crippen LogP contribution in [0.2, 0.25) is 0 Å². The molecule has 0 saturated carbocycles. The molecule has 1 aliphatic heterocycles. The van der Waals surface area contributed by atoms with Crippen LogP contribution in [-0.4, -0.2) is 53.3 Å². The Labute approximate surface area is 181 Å². The van der Waals surface area contributed by atoms with Crippen LogP contribution in [0, 0.1) is 6.92 Å². The van der Waals surface area contributed by atoms with E-state index in [0.29, 0.717) is 24.2 Å². The van der Waals surface area contributed by atoms with Crippen molar-refractivity contribution in [3.63, 3.8) is 0 Å². The van der Waals surface area contributed by atoms with Gasteiger partial charge in [0.15, 0.2) is 0 Å². The number of carbonyl (C=O) groups excluding carboxylic acids is 4. The molecule has 1 unspecified atom stereocenters. The van der Waals surface area contributed by atoms with Crippen molar-refractivity contribution in [1.29, 1.82) is 0 Å². The number of piperidine rings is 1. The number of nitrogens with one attached hydrogen (secondary N) is 2. The highest BCUT2D eigenvalue weighted by atomic mass is 16.3. The lowest BCUT2D eigenvalue weighted by molar-refractivity contribution is -0.139. The Kier molecular flexibility index (Phi) is 8.45. The monoisotopic (exact) mass is 425 g/mol. The predicted octanol–water partition coefficient (Wildman–Crippen LogP) is 1.86. The van der Waals surface area contributed by atoms with Crippen LogP contribution >= 0.6 is 0 Å². The molecule has 2 rings (SSSR count). The fourth-order valence-corrected chi connectivity index (χ4v) is 3.11. The molecule has 0 aromatic heterocycles. The first-order valence-electron chi connectivity index (χ1n) is 9.87. The molecule has 0 spiro atoms. The summed E-state index contributed by atoms with van der Waals surface area (Å²) in [7, 11) is 0. The summed E-state index contributed by atoms with van der Waals surface area (Å²) in [5.41, 5.74) is 3.28. The molecule has 1 aliphatic rings. The van der Waals surface area contributed by atoms with Gasteiger partial charge in [-0.15, -0.1) is 0 Å². The smallest absolute Gasteiger partial charge is 0.261 e. The van der Waals surface area contributed by atoms with Crippen molar-refractivity contribution in [2.45, 2.75) is 32.7 Å². The van der Waals surface area contributed by atoms with Crippen LogP contribution in [-0.2, 0) is 14.4 Å². The van der Waals surface area contributed by atoms with Gasteiger partial charge >= 0.3 is 0 Å². The van der Waals surface area contributed by atoms with Gasteiger partial charge in [0.2, 0.25) is 18.2 Å². The summed E-state index contributed by atoms with van der Waals surface area (Å²) in [5.74, 6) is -1.68. The van der Waals surface area contributed by atoms with E-state index in [4.69, 9.17) is 5.11 Å². The molecule has 164 valence electrons. The molecule has 1 fully saturated rings. The third-order valence-corrected chi connectivity index (χ3v) is 5.03. The van der Waals surface area contributed by atoms with E-state index in [0.717, 1.165) is 16.0 Å². The fraction of sp³-hybridized carbons (Fsp3) is 0.304. The van der Waals surface area contributed by atoms with Gasteiger partial charge < -0.3 is 10.4 Å². The van der Waals surface area contributed by atoms with Gasteiger partial charge in [0.05, 0.1) is 6.61 Å². The molecule has 1 atom stereocenters. The van der Waals surface area contributed by atoms with Crippen molar-refractivity contribution in [1.82, 2.24) is 10.2 Å². The molecule has 1 aromatic carbocycles. The molecule has 8 heteroatoms. The molecular formula is C23H27N3O5. The van der Waals surface area contributed by atoms with E-state index >= 15 is 0 Å². The van der Waals surface area contributed by atoms with E-state index in [1.54, 1.807) is 37.3 Å². The van der Waals surface area contributed by atoms with Crippen LogP contribution in [0.1, 0.15) is 35.7 Å². The van der Waals surface area contributed by atoms with Gasteiger partial charge in [0.25, 0.3) is 5.91 Å². The largest absolute Gasteiger partial charge is 0.392 e. The number of hydrogen-bond donors (Lipinski definition) is 3. The number of allylic oxidation sites excluding steroid dienone is 2. The van der Waals surface area contributed by atoms with Crippen molar-refractivity contribution in [3.05, 3.63) is 65.3 Å². The van der Waals surface area contributed by atoms with E-state index in [2.05, 4.69) is 17.2 Å². The van der Waals surface area contributed by atoms with Crippen molar-refractivity contribution < 1.29 is 24.3 Å². The van der Waals surface area contributed by atoms with Crippen LogP contribution in [0.5, 0.6) is 0 Å². The Bertz CT molecular complexity index is 949. The number of carbonyl (C=O) groups is 4. The SMILES string of the molecule is C=C/C(=C\C=C(/C)CO)CNc1cccc(C(=O)N(C=O)C2CCC(=O)NC2=O)c1C. The Morgan fingerprint density at radius 1 is 1.35 bits per heavy atom. The quantitative estimate of drug-likeness (QED) is 0.316. The second kappa shape index (κ2) is 11.0. The third kappa shape index (κ3) is 5.99. The highest BCUT2D eigenvalue weighted by Gasteiger charge is 2.35. The standard InChI is InChI=1S/C23H27N3O5/c1-4-17(9-8-15(2)13-27)12-24-19-7-5-6-18(16(19)3)23(31)26(14-28)20-10-11-21(29)25-22(20)30/h4-9,14,20,24,27H,1,10-13H2,2-3H3,(H,25,29,30)/b15-8+,17-9+. The summed E-state index contributed by atoms with van der Waals surface area (Å²) in [6.07, 6.45) is 5.82. The maximum atomic E-state index is 13.0. The topological polar surface area (TPSA) is 116 Å². The van der Waals surface area contributed by atoms with Gasteiger partial charge in [-0.25, -0.2) is 0 Å². The second-order valence-corrected chi connectivity index (χ2v) is 7.23.